The number of piperidine rings is 1. The zero-order valence-electron chi connectivity index (χ0n) is 19.0. The molecule has 0 saturated carbocycles. The van der Waals surface area contributed by atoms with Gasteiger partial charge in [0.05, 0.1) is 12.2 Å². The first-order valence-electron chi connectivity index (χ1n) is 11.2. The zero-order chi connectivity index (χ0) is 21.5. The Hall–Kier alpha value is -2.34. The lowest BCUT2D eigenvalue weighted by Crippen LogP contribution is -2.39. The van der Waals surface area contributed by atoms with Gasteiger partial charge in [-0.05, 0) is 70.2 Å². The van der Waals surface area contributed by atoms with Gasteiger partial charge >= 0.3 is 0 Å². The molecule has 0 spiro atoms. The van der Waals surface area contributed by atoms with Gasteiger partial charge in [-0.1, -0.05) is 6.92 Å². The second-order valence-corrected chi connectivity index (χ2v) is 8.61. The average molecular weight is 413 g/mol. The number of benzene rings is 1. The monoisotopic (exact) mass is 412 g/mol. The first kappa shape index (κ1) is 22.3. The Morgan fingerprint density at radius 2 is 1.50 bits per heavy atom. The van der Waals surface area contributed by atoms with Crippen molar-refractivity contribution in [3.63, 3.8) is 0 Å². The maximum atomic E-state index is 5.94. The van der Waals surface area contributed by atoms with Gasteiger partial charge < -0.3 is 14.8 Å². The Bertz CT molecular complexity index is 756. The average Bonchev–Trinajstić information content (AvgIpc) is 2.69. The minimum absolute atomic E-state index is 0.141. The van der Waals surface area contributed by atoms with Crippen LogP contribution in [0.1, 0.15) is 58.6 Å². The van der Waals surface area contributed by atoms with Crippen molar-refractivity contribution >= 4 is 5.95 Å². The van der Waals surface area contributed by atoms with E-state index >= 15 is 0 Å². The molecule has 6 heteroatoms. The van der Waals surface area contributed by atoms with E-state index < -0.39 is 0 Å². The van der Waals surface area contributed by atoms with Crippen LogP contribution in [0.3, 0.4) is 0 Å². The molecule has 0 bridgehead atoms. The second-order valence-electron chi connectivity index (χ2n) is 8.61. The molecular weight excluding hydrogens is 376 g/mol. The van der Waals surface area contributed by atoms with Gasteiger partial charge in [-0.15, -0.1) is 0 Å². The highest BCUT2D eigenvalue weighted by Crippen LogP contribution is 2.26. The summed E-state index contributed by atoms with van der Waals surface area (Å²) in [7, 11) is 0. The molecule has 0 unspecified atom stereocenters. The lowest BCUT2D eigenvalue weighted by Gasteiger charge is -2.32. The van der Waals surface area contributed by atoms with Crippen LogP contribution in [-0.2, 0) is 13.0 Å². The van der Waals surface area contributed by atoms with E-state index in [2.05, 4.69) is 39.2 Å². The number of hydrogen-bond donors (Lipinski definition) is 1. The Labute approximate surface area is 181 Å². The van der Waals surface area contributed by atoms with Gasteiger partial charge in [0.15, 0.2) is 0 Å². The summed E-state index contributed by atoms with van der Waals surface area (Å²) in [5.41, 5.74) is 2.40. The molecule has 164 valence electrons. The van der Waals surface area contributed by atoms with Crippen molar-refractivity contribution in [3.8, 4) is 11.5 Å². The van der Waals surface area contributed by atoms with Crippen molar-refractivity contribution < 1.29 is 9.47 Å². The summed E-state index contributed by atoms with van der Waals surface area (Å²) in [6, 6.07) is 6.69. The number of anilines is 1. The van der Waals surface area contributed by atoms with Gasteiger partial charge in [0.2, 0.25) is 5.95 Å². The first-order chi connectivity index (χ1) is 14.4. The third-order valence-electron chi connectivity index (χ3n) is 5.12. The van der Waals surface area contributed by atoms with Crippen molar-refractivity contribution in [1.82, 2.24) is 14.9 Å². The van der Waals surface area contributed by atoms with Crippen molar-refractivity contribution in [1.29, 1.82) is 0 Å². The summed E-state index contributed by atoms with van der Waals surface area (Å²) in [6.07, 6.45) is 7.23. The Kier molecular flexibility index (Phi) is 7.91. The van der Waals surface area contributed by atoms with E-state index in [1.54, 1.807) is 0 Å². The fraction of sp³-hybridized carbons (Fsp3) is 0.583. The van der Waals surface area contributed by atoms with Crippen LogP contribution in [0.5, 0.6) is 11.5 Å². The fourth-order valence-corrected chi connectivity index (χ4v) is 3.69. The third-order valence-corrected chi connectivity index (χ3v) is 5.12. The van der Waals surface area contributed by atoms with Crippen LogP contribution in [0.15, 0.2) is 30.6 Å². The number of hydrogen-bond acceptors (Lipinski definition) is 6. The fourth-order valence-electron chi connectivity index (χ4n) is 3.69. The number of aromatic nitrogens is 2. The van der Waals surface area contributed by atoms with Crippen LogP contribution < -0.4 is 14.8 Å². The van der Waals surface area contributed by atoms with Crippen LogP contribution in [0, 0.1) is 0 Å². The summed E-state index contributed by atoms with van der Waals surface area (Å²) in [5, 5.41) is 3.49. The van der Waals surface area contributed by atoms with Crippen LogP contribution in [0.2, 0.25) is 0 Å². The number of nitrogens with zero attached hydrogens (tertiary/aromatic N) is 3. The zero-order valence-corrected chi connectivity index (χ0v) is 19.0. The summed E-state index contributed by atoms with van der Waals surface area (Å²) >= 11 is 0. The topological polar surface area (TPSA) is 59.5 Å². The minimum atomic E-state index is 0.141. The Balaban J connectivity index is 1.56. The highest BCUT2D eigenvalue weighted by molar-refractivity contribution is 5.39. The van der Waals surface area contributed by atoms with Crippen molar-refractivity contribution in [2.24, 2.45) is 0 Å². The predicted molar refractivity (Wildman–Crippen MR) is 121 cm³/mol. The molecule has 0 radical (unpaired) electrons. The quantitative estimate of drug-likeness (QED) is 0.645. The molecule has 6 nitrogen and oxygen atoms in total. The van der Waals surface area contributed by atoms with Gasteiger partial charge in [0.1, 0.15) is 11.5 Å². The van der Waals surface area contributed by atoms with Gasteiger partial charge in [0.25, 0.3) is 0 Å². The van der Waals surface area contributed by atoms with Crippen molar-refractivity contribution in [3.05, 3.63) is 41.7 Å². The summed E-state index contributed by atoms with van der Waals surface area (Å²) in [6.45, 7) is 13.3. The predicted octanol–water partition coefficient (Wildman–Crippen LogP) is 4.69. The lowest BCUT2D eigenvalue weighted by atomic mass is 10.0. The molecule has 1 aliphatic heterocycles. The van der Waals surface area contributed by atoms with Gasteiger partial charge in [0, 0.05) is 44.1 Å². The molecule has 0 aliphatic carbocycles. The maximum absolute atomic E-state index is 5.94. The number of ether oxygens (including phenoxy) is 2. The molecule has 30 heavy (non-hydrogen) atoms. The van der Waals surface area contributed by atoms with E-state index in [1.807, 2.05) is 46.2 Å². The second kappa shape index (κ2) is 10.6. The molecule has 1 aliphatic rings. The minimum Gasteiger partial charge on any atom is -0.491 e. The molecule has 1 aromatic heterocycles. The summed E-state index contributed by atoms with van der Waals surface area (Å²) in [4.78, 5) is 11.4. The normalized spacial score (nSPS) is 15.6. The van der Waals surface area contributed by atoms with Gasteiger partial charge in [-0.25, -0.2) is 9.97 Å². The highest BCUT2D eigenvalue weighted by Gasteiger charge is 2.20. The van der Waals surface area contributed by atoms with Crippen molar-refractivity contribution in [2.75, 3.05) is 18.4 Å². The van der Waals surface area contributed by atoms with Crippen LogP contribution in [0.4, 0.5) is 5.95 Å². The van der Waals surface area contributed by atoms with E-state index in [-0.39, 0.29) is 12.2 Å². The van der Waals surface area contributed by atoms with Crippen LogP contribution in [-0.4, -0.2) is 46.2 Å². The molecule has 1 saturated heterocycles. The Morgan fingerprint density at radius 1 is 0.933 bits per heavy atom. The highest BCUT2D eigenvalue weighted by atomic mass is 16.5. The number of nitrogens with one attached hydrogen (secondary N) is 1. The van der Waals surface area contributed by atoms with Gasteiger partial charge in [-0.2, -0.15) is 0 Å². The van der Waals surface area contributed by atoms with Crippen LogP contribution in [0.25, 0.3) is 0 Å². The standard InChI is InChI=1S/C24H36N4O2/c1-6-19-14-25-24(26-15-19)27-21-7-9-28(10-8-21)16-20-11-22(29-17(2)3)13-23(12-20)30-18(4)5/h11-15,17-18,21H,6-10,16H2,1-5H3,(H,25,26,27). The number of likely N-dealkylation sites (tertiary alicyclic amines) is 1. The smallest absolute Gasteiger partial charge is 0.222 e. The van der Waals surface area contributed by atoms with E-state index in [1.165, 1.54) is 11.1 Å². The summed E-state index contributed by atoms with van der Waals surface area (Å²) < 4.78 is 11.9. The van der Waals surface area contributed by atoms with E-state index in [0.29, 0.717) is 6.04 Å². The molecule has 3 rings (SSSR count). The molecular formula is C24H36N4O2. The maximum Gasteiger partial charge on any atom is 0.222 e. The lowest BCUT2D eigenvalue weighted by molar-refractivity contribution is 0.207. The van der Waals surface area contributed by atoms with E-state index in [4.69, 9.17) is 9.47 Å². The van der Waals surface area contributed by atoms with E-state index in [0.717, 1.165) is 56.3 Å². The van der Waals surface area contributed by atoms with Crippen molar-refractivity contribution in [2.45, 2.75) is 78.7 Å². The molecule has 0 atom stereocenters. The molecule has 1 aromatic carbocycles. The number of rotatable bonds is 9. The first-order valence-corrected chi connectivity index (χ1v) is 11.2. The summed E-state index contributed by atoms with van der Waals surface area (Å²) in [5.74, 6) is 2.49. The SMILES string of the molecule is CCc1cnc(NC2CCN(Cc3cc(OC(C)C)cc(OC(C)C)c3)CC2)nc1. The number of aryl methyl sites for hydroxylation is 1. The molecule has 2 aromatic rings. The molecule has 2 heterocycles. The Morgan fingerprint density at radius 3 is 2.00 bits per heavy atom. The third kappa shape index (κ3) is 6.87. The van der Waals surface area contributed by atoms with E-state index in [9.17, 15) is 0 Å². The van der Waals surface area contributed by atoms with Gasteiger partial charge in [-0.3, -0.25) is 4.90 Å². The van der Waals surface area contributed by atoms with Crippen LogP contribution >= 0.6 is 0 Å². The largest absolute Gasteiger partial charge is 0.491 e. The molecule has 0 amide bonds. The molecule has 1 N–H and O–H groups in total. The molecule has 1 fully saturated rings.